The second kappa shape index (κ2) is 52.3. The molecule has 5 aliphatic heterocycles. The van der Waals surface area contributed by atoms with Gasteiger partial charge in [0.25, 0.3) is 0 Å². The van der Waals surface area contributed by atoms with Gasteiger partial charge in [-0.05, 0) is 150 Å². The van der Waals surface area contributed by atoms with E-state index in [0.717, 1.165) is 47.9 Å². The summed E-state index contributed by atoms with van der Waals surface area (Å²) in [5.41, 5.74) is -8.08. The van der Waals surface area contributed by atoms with Gasteiger partial charge in [-0.15, -0.1) is 56.7 Å². The highest BCUT2D eigenvalue weighted by molar-refractivity contribution is 7.11. The van der Waals surface area contributed by atoms with Crippen LogP contribution in [-0.4, -0.2) is 216 Å². The fraction of sp³-hybridized carbons (Fsp3) is 0.476. The van der Waals surface area contributed by atoms with Crippen molar-refractivity contribution < 1.29 is 109 Å². The summed E-state index contributed by atoms with van der Waals surface area (Å²) in [6.45, 7) is -12.4. The number of anilines is 5. The molecule has 0 spiro atoms. The van der Waals surface area contributed by atoms with Gasteiger partial charge in [0.05, 0.1) is 26.0 Å². The van der Waals surface area contributed by atoms with Crippen molar-refractivity contribution in [1.82, 2.24) is 24.5 Å². The third-order valence-electron chi connectivity index (χ3n) is 22.5. The van der Waals surface area contributed by atoms with Crippen LogP contribution < -0.4 is 24.5 Å². The Hall–Kier alpha value is -8.45. The van der Waals surface area contributed by atoms with Crippen molar-refractivity contribution in [3.8, 4) is 0 Å². The highest BCUT2D eigenvalue weighted by Crippen LogP contribution is 2.41. The molecule has 5 saturated heterocycles. The minimum Gasteiger partial charge on any atom is -0.358 e. The average Bonchev–Trinajstić information content (AvgIpc) is 1.28. The van der Waals surface area contributed by atoms with Crippen molar-refractivity contribution in [3.05, 3.63) is 263 Å². The van der Waals surface area contributed by atoms with Crippen molar-refractivity contribution >= 4 is 115 Å². The van der Waals surface area contributed by atoms with Gasteiger partial charge < -0.3 is 48.2 Å². The van der Waals surface area contributed by atoms with Gasteiger partial charge in [-0.2, -0.15) is 0 Å². The first-order valence-corrected chi connectivity index (χ1v) is 46.8. The molecular formula is C105H140N10O10S5. The third-order valence-corrected chi connectivity index (χ3v) is 26.6. The fourth-order valence-corrected chi connectivity index (χ4v) is 18.5. The minimum absolute atomic E-state index is 0.00601. The Morgan fingerprint density at radius 2 is 0.554 bits per heavy atom. The molecule has 5 aromatic carbocycles. The number of carbonyl (C=O) groups excluding carboxylic acids is 5. The van der Waals surface area contributed by atoms with E-state index in [1.165, 1.54) is 82.7 Å². The van der Waals surface area contributed by atoms with Crippen LogP contribution in [0.2, 0.25) is 0 Å². The van der Waals surface area contributed by atoms with Gasteiger partial charge >= 0.3 is 0 Å². The lowest BCUT2D eigenvalue weighted by molar-refractivity contribution is -0.128. The lowest BCUT2D eigenvalue weighted by Crippen LogP contribution is -2.59. The minimum atomic E-state index is -3.70. The van der Waals surface area contributed by atoms with Crippen LogP contribution in [0.1, 0.15) is 217 Å². The number of hydrogen-bond donors (Lipinski definition) is 0. The molecule has 10 heterocycles. The number of thiophene rings is 5. The van der Waals surface area contributed by atoms with Crippen LogP contribution in [0.3, 0.4) is 0 Å². The van der Waals surface area contributed by atoms with E-state index in [9.17, 15) is 24.0 Å². The number of aryl methyl sites for hydroxylation is 5. The molecule has 0 saturated carbocycles. The maximum Gasteiger partial charge on any atom is 0.229 e. The Morgan fingerprint density at radius 1 is 0.315 bits per heavy atom. The smallest absolute Gasteiger partial charge is 0.229 e. The maximum absolute atomic E-state index is 13.8. The number of methoxy groups -OCH3 is 5. The molecule has 5 fully saturated rings. The van der Waals surface area contributed by atoms with Gasteiger partial charge in [0.15, 0.2) is 0 Å². The van der Waals surface area contributed by atoms with Crippen molar-refractivity contribution in [2.24, 2.45) is 0 Å². The predicted molar refractivity (Wildman–Crippen MR) is 538 cm³/mol. The van der Waals surface area contributed by atoms with Crippen LogP contribution in [0, 0.1) is 0 Å². The number of para-hydroxylation sites is 5. The fourth-order valence-electron chi connectivity index (χ4n) is 15.6. The molecule has 25 heteroatoms. The summed E-state index contributed by atoms with van der Waals surface area (Å²) in [6.07, 6.45) is -13.8. The molecule has 10 aromatic rings. The van der Waals surface area contributed by atoms with Crippen LogP contribution in [0.15, 0.2) is 239 Å². The monoisotopic (exact) mass is 1910 g/mol. The standard InChI is InChI=1S/5C21H28N2O2S/c5*1-3-20(24)23(18-8-5-4-6-9-18)21(25-2)12-15-22(16-13-21)14-11-19-10-7-17-26-19/h5*4-10,17H,3,11-16H2,1-2H3/i1D3,2D3,3D2,4D,5D,6D,8D,9D,14D2;4D,5D,6D,8D,9D,11D2,14D2;1D3,2D3,3D2,14D2;2D3,11D2,14D2;11D2,14D2. The summed E-state index contributed by atoms with van der Waals surface area (Å²) >= 11 is 6.24. The van der Waals surface area contributed by atoms with Crippen molar-refractivity contribution in [1.29, 1.82) is 0 Å². The average molecular weight is 1910 g/mol. The molecule has 0 bridgehead atoms. The van der Waals surface area contributed by atoms with E-state index in [1.807, 2.05) is 54.8 Å². The van der Waals surface area contributed by atoms with E-state index < -0.39 is 224 Å². The molecule has 5 aromatic heterocycles. The molecule has 5 aliphatic rings. The van der Waals surface area contributed by atoms with Gasteiger partial charge in [0, 0.05) is 318 Å². The van der Waals surface area contributed by atoms with Crippen LogP contribution in [0.5, 0.6) is 0 Å². The number of likely N-dealkylation sites (tertiary alicyclic amines) is 5. The van der Waals surface area contributed by atoms with Crippen LogP contribution >= 0.6 is 56.7 Å². The summed E-state index contributed by atoms with van der Waals surface area (Å²) in [7, 11) is -6.13. The van der Waals surface area contributed by atoms with Gasteiger partial charge in [-0.1, -0.05) is 156 Å². The Labute approximate surface area is 857 Å². The topological polar surface area (TPSA) is 164 Å². The van der Waals surface area contributed by atoms with Crippen LogP contribution in [0.4, 0.5) is 28.4 Å². The van der Waals surface area contributed by atoms with Crippen molar-refractivity contribution in [3.63, 3.8) is 0 Å². The third kappa shape index (κ3) is 27.6. The summed E-state index contributed by atoms with van der Waals surface area (Å²) < 4.78 is 394. The molecule has 0 atom stereocenters. The molecule has 15 rings (SSSR count). The van der Waals surface area contributed by atoms with Crippen LogP contribution in [0.25, 0.3) is 0 Å². The molecule has 0 N–H and O–H groups in total. The molecular weight excluding hydrogens is 1720 g/mol. The maximum atomic E-state index is 13.8. The Morgan fingerprint density at radius 3 is 0.792 bits per heavy atom. The first-order chi connectivity index (χ1) is 80.8. The highest BCUT2D eigenvalue weighted by Gasteiger charge is 2.48. The van der Waals surface area contributed by atoms with Gasteiger partial charge in [0.1, 0.15) is 28.6 Å². The lowest BCUT2D eigenvalue weighted by Gasteiger charge is -2.47. The highest BCUT2D eigenvalue weighted by atomic mass is 32.1. The van der Waals surface area contributed by atoms with Crippen molar-refractivity contribution in [2.45, 2.75) is 191 Å². The normalized spacial score (nSPS) is 23.8. The van der Waals surface area contributed by atoms with Gasteiger partial charge in [-0.3, -0.25) is 48.5 Å². The summed E-state index contributed by atoms with van der Waals surface area (Å²) in [6, 6.07) is 35.2. The zero-order valence-electron chi connectivity index (χ0n) is 118. The molecule has 5 amide bonds. The zero-order chi connectivity index (χ0) is 131. The molecule has 0 radical (unpaired) electrons. The molecule has 20 nitrogen and oxygen atoms in total. The number of amides is 5. The largest absolute Gasteiger partial charge is 0.358 e. The SMILES string of the molecule is [2H]C([2H])([2H])OC1(N(C(=O)C([2H])([2H])C([2H])([2H])[2H])c2ccccc2)CCN(C([2H])([2H])Cc2cccs2)CC1.[2H]C([2H])([2H])OC1(N(C(=O)CC)c2ccccc2)CCN(C([2H])([2H])C([2H])([2H])c2cccs2)CC1.[2H]C([2H])(c1cccs1)C([2H])([2H])N1CCC(OC)(N(C(=O)CC)c2ccccc2)CC1.[2H]c1c([2H])c([2H])c(N(C(=O)C([2H])([2H])C([2H])([2H])[2H])C2(OC([2H])([2H])[2H])CCN(C([2H])([2H])Cc3cccs3)CC2)c([2H])c1[2H].[2H]c1c([2H])c([2H])c(N(C(=O)CC)C2(OC)CCN(C([2H])([2H])C([2H])([2H])c3cccs3)CC2)c([2H])c1[2H]. The number of hydrogen-bond acceptors (Lipinski definition) is 20. The molecule has 0 unspecified atom stereocenters. The number of benzene rings is 5. The summed E-state index contributed by atoms with van der Waals surface area (Å²) in [5.74, 6) is -4.22. The van der Waals surface area contributed by atoms with E-state index in [2.05, 4.69) is 0 Å². The van der Waals surface area contributed by atoms with E-state index in [-0.39, 0.29) is 167 Å². The van der Waals surface area contributed by atoms with E-state index >= 15 is 0 Å². The van der Waals surface area contributed by atoms with Crippen molar-refractivity contribution in [2.75, 3.05) is 158 Å². The number of piperidine rings is 5. The zero-order valence-corrected chi connectivity index (χ0v) is 77.2. The summed E-state index contributed by atoms with van der Waals surface area (Å²) in [5, 5.41) is 8.76. The molecule has 130 heavy (non-hydrogen) atoms. The lowest BCUT2D eigenvalue weighted by atomic mass is 9.96. The number of rotatable bonds is 35. The van der Waals surface area contributed by atoms with Gasteiger partial charge in [0.2, 0.25) is 29.5 Å². The van der Waals surface area contributed by atoms with E-state index in [0.29, 0.717) is 29.8 Å². The quantitative estimate of drug-likeness (QED) is 0.0344. The van der Waals surface area contributed by atoms with Crippen LogP contribution in [-0.2, 0) is 79.6 Å². The second-order valence-corrected chi connectivity index (χ2v) is 35.0. The Kier molecular flexibility index (Phi) is 22.8. The Balaban J connectivity index is 0.000000204. The number of carbonyl (C=O) groups is 5. The molecule has 0 aliphatic carbocycles. The van der Waals surface area contributed by atoms with E-state index in [4.69, 9.17) is 85.4 Å². The first-order valence-electron chi connectivity index (χ1n) is 64.9. The predicted octanol–water partition coefficient (Wildman–Crippen LogP) is 20.9. The van der Waals surface area contributed by atoms with E-state index in [1.54, 1.807) is 144 Å². The second-order valence-electron chi connectivity index (χ2n) is 30.1. The number of ether oxygens (including phenoxy) is 5. The Bertz CT molecular complexity index is 7000. The number of nitrogens with zero attached hydrogens (tertiary/aromatic N) is 10. The first kappa shape index (κ1) is 56.7. The van der Waals surface area contributed by atoms with Gasteiger partial charge in [-0.25, -0.2) is 0 Å². The summed E-state index contributed by atoms with van der Waals surface area (Å²) in [4.78, 5) is 81.2. The molecule has 700 valence electrons.